The second-order valence-electron chi connectivity index (χ2n) is 5.49. The van der Waals surface area contributed by atoms with E-state index in [2.05, 4.69) is 20.8 Å². The summed E-state index contributed by atoms with van der Waals surface area (Å²) in [4.78, 5) is 12.0. The van der Waals surface area contributed by atoms with Crippen LogP contribution in [0.2, 0.25) is 0 Å². The van der Waals surface area contributed by atoms with Crippen molar-refractivity contribution < 1.29 is 9.00 Å². The molecule has 1 atom stereocenters. The van der Waals surface area contributed by atoms with E-state index >= 15 is 0 Å². The van der Waals surface area contributed by atoms with E-state index in [-0.39, 0.29) is 17.4 Å². The van der Waals surface area contributed by atoms with Gasteiger partial charge in [-0.2, -0.15) is 4.68 Å². The molecule has 1 heterocycles. The maximum absolute atomic E-state index is 12.3. The lowest BCUT2D eigenvalue weighted by Gasteiger charge is -2.06. The lowest BCUT2D eigenvalue weighted by Crippen LogP contribution is -2.21. The van der Waals surface area contributed by atoms with Gasteiger partial charge in [-0.25, -0.2) is 0 Å². The van der Waals surface area contributed by atoms with Gasteiger partial charge in [0.2, 0.25) is 5.91 Å². The molecule has 1 N–H and O–H groups in total. The lowest BCUT2D eigenvalue weighted by molar-refractivity contribution is -0.113. The number of amides is 1. The van der Waals surface area contributed by atoms with Crippen LogP contribution >= 0.6 is 0 Å². The summed E-state index contributed by atoms with van der Waals surface area (Å²) in [6.07, 6.45) is 0. The zero-order chi connectivity index (χ0) is 17.6. The second-order valence-corrected chi connectivity index (χ2v) is 6.94. The van der Waals surface area contributed by atoms with Crippen molar-refractivity contribution in [3.05, 3.63) is 66.0 Å². The highest BCUT2D eigenvalue weighted by molar-refractivity contribution is 7.84. The number of anilines is 1. The number of nitrogens with one attached hydrogen (secondary N) is 1. The van der Waals surface area contributed by atoms with Gasteiger partial charge in [0.1, 0.15) is 5.75 Å². The molecular weight excluding hydrogens is 338 g/mol. The number of aromatic nitrogens is 4. The van der Waals surface area contributed by atoms with Crippen LogP contribution in [0.15, 0.2) is 54.6 Å². The van der Waals surface area contributed by atoms with E-state index in [1.165, 1.54) is 4.68 Å². The first kappa shape index (κ1) is 17.0. The van der Waals surface area contributed by atoms with Crippen LogP contribution in [0.5, 0.6) is 0 Å². The Kier molecular flexibility index (Phi) is 5.30. The van der Waals surface area contributed by atoms with Crippen molar-refractivity contribution in [1.29, 1.82) is 0 Å². The van der Waals surface area contributed by atoms with Crippen LogP contribution in [-0.4, -0.2) is 36.1 Å². The fourth-order valence-corrected chi connectivity index (χ4v) is 3.18. The highest BCUT2D eigenvalue weighted by Crippen LogP contribution is 2.10. The summed E-state index contributed by atoms with van der Waals surface area (Å²) in [5.74, 6) is 0.132. The molecule has 3 rings (SSSR count). The Hall–Kier alpha value is -2.87. The van der Waals surface area contributed by atoms with Crippen molar-refractivity contribution in [2.75, 3.05) is 11.1 Å². The van der Waals surface area contributed by atoms with Crippen LogP contribution < -0.4 is 5.32 Å². The Morgan fingerprint density at radius 2 is 1.84 bits per heavy atom. The molecule has 0 aliphatic carbocycles. The molecule has 0 saturated heterocycles. The van der Waals surface area contributed by atoms with E-state index in [0.717, 1.165) is 11.3 Å². The molecule has 8 heteroatoms. The van der Waals surface area contributed by atoms with Crippen molar-refractivity contribution in [3.8, 4) is 5.69 Å². The standard InChI is InChI=1S/C17H17N5O2S/c1-13-7-9-14(10-8-13)18-17(23)12-25(24)11-16-19-20-21-22(16)15-5-3-2-4-6-15/h2-10H,11-12H2,1H3,(H,18,23). The van der Waals surface area contributed by atoms with Crippen molar-refractivity contribution in [2.45, 2.75) is 12.7 Å². The van der Waals surface area contributed by atoms with Gasteiger partial charge in [-0.15, -0.1) is 5.10 Å². The van der Waals surface area contributed by atoms with Gasteiger partial charge in [0.05, 0.1) is 11.4 Å². The molecule has 0 spiro atoms. The Bertz CT molecular complexity index is 878. The third kappa shape index (κ3) is 4.57. The molecule has 1 amide bonds. The first-order valence-corrected chi connectivity index (χ1v) is 9.15. The zero-order valence-electron chi connectivity index (χ0n) is 13.6. The predicted molar refractivity (Wildman–Crippen MR) is 95.7 cm³/mol. The average molecular weight is 355 g/mol. The van der Waals surface area contributed by atoms with Crippen molar-refractivity contribution in [2.24, 2.45) is 0 Å². The number of carbonyl (C=O) groups excluding carboxylic acids is 1. The summed E-state index contributed by atoms with van der Waals surface area (Å²) < 4.78 is 13.8. The molecule has 0 bridgehead atoms. The maximum atomic E-state index is 12.3. The van der Waals surface area contributed by atoms with Gasteiger partial charge in [0, 0.05) is 16.5 Å². The van der Waals surface area contributed by atoms with Gasteiger partial charge < -0.3 is 5.32 Å². The van der Waals surface area contributed by atoms with Gasteiger partial charge in [-0.1, -0.05) is 35.9 Å². The number of tetrazole rings is 1. The van der Waals surface area contributed by atoms with E-state index in [4.69, 9.17) is 0 Å². The minimum atomic E-state index is -1.42. The minimum absolute atomic E-state index is 0.100. The third-order valence-electron chi connectivity index (χ3n) is 3.45. The minimum Gasteiger partial charge on any atom is -0.325 e. The number of hydrogen-bond donors (Lipinski definition) is 1. The summed E-state index contributed by atoms with van der Waals surface area (Å²) in [5, 5.41) is 14.2. The average Bonchev–Trinajstić information content (AvgIpc) is 3.05. The SMILES string of the molecule is Cc1ccc(NC(=O)CS(=O)Cc2nnnn2-c2ccccc2)cc1. The number of benzene rings is 2. The van der Waals surface area contributed by atoms with Gasteiger partial charge >= 0.3 is 0 Å². The Morgan fingerprint density at radius 1 is 1.12 bits per heavy atom. The first-order valence-electron chi connectivity index (χ1n) is 7.66. The summed E-state index contributed by atoms with van der Waals surface area (Å²) in [5.41, 5.74) is 2.57. The van der Waals surface area contributed by atoms with Gasteiger partial charge in [-0.3, -0.25) is 9.00 Å². The van der Waals surface area contributed by atoms with Crippen LogP contribution in [0.1, 0.15) is 11.4 Å². The number of nitrogens with zero attached hydrogens (tertiary/aromatic N) is 4. The zero-order valence-corrected chi connectivity index (χ0v) is 14.4. The summed E-state index contributed by atoms with van der Waals surface area (Å²) in [7, 11) is -1.42. The van der Waals surface area contributed by atoms with E-state index in [1.807, 2.05) is 61.5 Å². The molecular formula is C17H17N5O2S. The maximum Gasteiger partial charge on any atom is 0.237 e. The molecule has 25 heavy (non-hydrogen) atoms. The predicted octanol–water partition coefficient (Wildman–Crippen LogP) is 1.86. The smallest absolute Gasteiger partial charge is 0.237 e. The van der Waals surface area contributed by atoms with E-state index in [9.17, 15) is 9.00 Å². The molecule has 1 unspecified atom stereocenters. The van der Waals surface area contributed by atoms with Crippen LogP contribution in [-0.2, 0) is 21.3 Å². The van der Waals surface area contributed by atoms with Crippen molar-refractivity contribution in [3.63, 3.8) is 0 Å². The van der Waals surface area contributed by atoms with Gasteiger partial charge in [0.15, 0.2) is 5.82 Å². The number of carbonyl (C=O) groups is 1. The van der Waals surface area contributed by atoms with E-state index < -0.39 is 10.8 Å². The van der Waals surface area contributed by atoms with E-state index in [1.54, 1.807) is 0 Å². The van der Waals surface area contributed by atoms with E-state index in [0.29, 0.717) is 11.5 Å². The number of rotatable bonds is 6. The summed E-state index contributed by atoms with van der Waals surface area (Å²) in [6, 6.07) is 16.8. The normalized spacial score (nSPS) is 11.9. The number of aryl methyl sites for hydroxylation is 1. The Balaban J connectivity index is 1.61. The molecule has 128 valence electrons. The fourth-order valence-electron chi connectivity index (χ4n) is 2.24. The third-order valence-corrected chi connectivity index (χ3v) is 4.62. The van der Waals surface area contributed by atoms with Crippen LogP contribution in [0.25, 0.3) is 5.69 Å². The molecule has 1 aromatic heterocycles. The molecule has 7 nitrogen and oxygen atoms in total. The topological polar surface area (TPSA) is 89.8 Å². The molecule has 0 aliphatic rings. The Morgan fingerprint density at radius 3 is 2.56 bits per heavy atom. The van der Waals surface area contributed by atoms with Gasteiger partial charge in [-0.05, 0) is 41.6 Å². The monoisotopic (exact) mass is 355 g/mol. The fraction of sp³-hybridized carbons (Fsp3) is 0.176. The first-order chi connectivity index (χ1) is 12.1. The summed E-state index contributed by atoms with van der Waals surface area (Å²) in [6.45, 7) is 1.97. The second kappa shape index (κ2) is 7.80. The van der Waals surface area contributed by atoms with Crippen LogP contribution in [0, 0.1) is 6.92 Å². The number of hydrogen-bond acceptors (Lipinski definition) is 5. The lowest BCUT2D eigenvalue weighted by atomic mass is 10.2. The molecule has 0 aliphatic heterocycles. The van der Waals surface area contributed by atoms with Crippen LogP contribution in [0.3, 0.4) is 0 Å². The molecule has 3 aromatic rings. The van der Waals surface area contributed by atoms with Crippen LogP contribution in [0.4, 0.5) is 5.69 Å². The largest absolute Gasteiger partial charge is 0.325 e. The Labute approximate surface area is 147 Å². The molecule has 0 radical (unpaired) electrons. The number of para-hydroxylation sites is 1. The molecule has 2 aromatic carbocycles. The highest BCUT2D eigenvalue weighted by Gasteiger charge is 2.14. The quantitative estimate of drug-likeness (QED) is 0.729. The van der Waals surface area contributed by atoms with Crippen molar-refractivity contribution in [1.82, 2.24) is 20.2 Å². The highest BCUT2D eigenvalue weighted by atomic mass is 32.2. The van der Waals surface area contributed by atoms with Crippen molar-refractivity contribution >= 4 is 22.4 Å². The molecule has 0 fully saturated rings. The molecule has 0 saturated carbocycles. The van der Waals surface area contributed by atoms with Gasteiger partial charge in [0.25, 0.3) is 0 Å². The summed E-state index contributed by atoms with van der Waals surface area (Å²) >= 11 is 0.